The summed E-state index contributed by atoms with van der Waals surface area (Å²) in [6, 6.07) is 11.0. The van der Waals surface area contributed by atoms with Gasteiger partial charge in [-0.3, -0.25) is 4.79 Å². The summed E-state index contributed by atoms with van der Waals surface area (Å²) in [4.78, 5) is 23.4. The van der Waals surface area contributed by atoms with E-state index in [2.05, 4.69) is 25.3 Å². The van der Waals surface area contributed by atoms with Crippen LogP contribution >= 0.6 is 11.6 Å². The van der Waals surface area contributed by atoms with Crippen molar-refractivity contribution in [1.29, 1.82) is 0 Å². The van der Waals surface area contributed by atoms with Gasteiger partial charge in [-0.05, 0) is 56.2 Å². The lowest BCUT2D eigenvalue weighted by atomic mass is 10.3. The average Bonchev–Trinajstić information content (AvgIpc) is 3.33. The van der Waals surface area contributed by atoms with Crippen LogP contribution < -0.4 is 10.2 Å². The highest BCUT2D eigenvalue weighted by Gasteiger charge is 2.17. The SMILES string of the molecule is Cc1nc(C(=O)Nc2ccc(N3CCCC3)nc2)nn1-c1ccc(Cl)cc1. The summed E-state index contributed by atoms with van der Waals surface area (Å²) in [7, 11) is 0. The second kappa shape index (κ2) is 7.36. The molecule has 0 saturated carbocycles. The molecule has 1 fully saturated rings. The van der Waals surface area contributed by atoms with E-state index < -0.39 is 0 Å². The first kappa shape index (κ1) is 17.5. The van der Waals surface area contributed by atoms with Crippen LogP contribution in [-0.4, -0.2) is 38.7 Å². The second-order valence-corrected chi connectivity index (χ2v) is 6.86. The molecule has 0 atom stereocenters. The zero-order valence-electron chi connectivity index (χ0n) is 14.9. The van der Waals surface area contributed by atoms with Crippen LogP contribution in [0.3, 0.4) is 0 Å². The topological polar surface area (TPSA) is 75.9 Å². The Bertz CT molecular complexity index is 945. The number of anilines is 2. The fraction of sp³-hybridized carbons (Fsp3) is 0.263. The molecule has 0 spiro atoms. The van der Waals surface area contributed by atoms with Gasteiger partial charge in [-0.1, -0.05) is 11.6 Å². The van der Waals surface area contributed by atoms with Gasteiger partial charge in [0.15, 0.2) is 0 Å². The number of hydrogen-bond acceptors (Lipinski definition) is 5. The molecule has 0 radical (unpaired) electrons. The fourth-order valence-electron chi connectivity index (χ4n) is 3.09. The van der Waals surface area contributed by atoms with Gasteiger partial charge in [0.05, 0.1) is 17.6 Å². The molecule has 7 nitrogen and oxygen atoms in total. The van der Waals surface area contributed by atoms with E-state index in [1.807, 2.05) is 24.3 Å². The Morgan fingerprint density at radius 1 is 1.11 bits per heavy atom. The maximum atomic E-state index is 12.5. The van der Waals surface area contributed by atoms with Crippen molar-refractivity contribution < 1.29 is 4.79 Å². The Balaban J connectivity index is 1.48. The minimum atomic E-state index is -0.374. The first-order valence-corrected chi connectivity index (χ1v) is 9.20. The molecule has 0 unspecified atom stereocenters. The van der Waals surface area contributed by atoms with Crippen molar-refractivity contribution in [3.05, 3.63) is 59.3 Å². The van der Waals surface area contributed by atoms with E-state index in [-0.39, 0.29) is 11.7 Å². The van der Waals surface area contributed by atoms with Gasteiger partial charge < -0.3 is 10.2 Å². The van der Waals surface area contributed by atoms with Crippen LogP contribution in [0.2, 0.25) is 5.02 Å². The predicted molar refractivity (Wildman–Crippen MR) is 105 cm³/mol. The summed E-state index contributed by atoms with van der Waals surface area (Å²) >= 11 is 5.92. The quantitative estimate of drug-likeness (QED) is 0.747. The van der Waals surface area contributed by atoms with E-state index in [0.29, 0.717) is 16.5 Å². The standard InChI is InChI=1S/C19H19ClN6O/c1-13-22-18(24-26(13)16-7-4-14(20)5-8-16)19(27)23-15-6-9-17(21-12-15)25-10-2-3-11-25/h4-9,12H,2-3,10-11H2,1H3,(H,23,27). The van der Waals surface area contributed by atoms with Crippen molar-refractivity contribution in [2.45, 2.75) is 19.8 Å². The van der Waals surface area contributed by atoms with Gasteiger partial charge in [-0.15, -0.1) is 5.10 Å². The number of aryl methyl sites for hydroxylation is 1. The minimum Gasteiger partial charge on any atom is -0.357 e. The molecule has 8 heteroatoms. The van der Waals surface area contributed by atoms with Crippen molar-refractivity contribution in [3.63, 3.8) is 0 Å². The van der Waals surface area contributed by atoms with Gasteiger partial charge in [0.2, 0.25) is 5.82 Å². The summed E-state index contributed by atoms with van der Waals surface area (Å²) in [5.74, 6) is 1.28. The molecular weight excluding hydrogens is 364 g/mol. The number of carbonyl (C=O) groups excluding carboxylic acids is 1. The van der Waals surface area contributed by atoms with Crippen LogP contribution in [0.5, 0.6) is 0 Å². The number of aromatic nitrogens is 4. The van der Waals surface area contributed by atoms with Crippen LogP contribution in [0.1, 0.15) is 29.3 Å². The van der Waals surface area contributed by atoms with E-state index in [9.17, 15) is 4.79 Å². The third-order valence-corrected chi connectivity index (χ3v) is 4.73. The van der Waals surface area contributed by atoms with E-state index in [4.69, 9.17) is 11.6 Å². The smallest absolute Gasteiger partial charge is 0.295 e. The third-order valence-electron chi connectivity index (χ3n) is 4.48. The van der Waals surface area contributed by atoms with Crippen LogP contribution in [0.15, 0.2) is 42.6 Å². The van der Waals surface area contributed by atoms with Gasteiger partial charge in [-0.25, -0.2) is 14.6 Å². The summed E-state index contributed by atoms with van der Waals surface area (Å²) < 4.78 is 1.61. The average molecular weight is 383 g/mol. The zero-order chi connectivity index (χ0) is 18.8. The maximum absolute atomic E-state index is 12.5. The Kier molecular flexibility index (Phi) is 4.77. The number of carbonyl (C=O) groups is 1. The Hall–Kier alpha value is -2.93. The Morgan fingerprint density at radius 3 is 2.52 bits per heavy atom. The van der Waals surface area contributed by atoms with Gasteiger partial charge in [0, 0.05) is 18.1 Å². The van der Waals surface area contributed by atoms with E-state index in [1.54, 1.807) is 29.9 Å². The Labute approximate surface area is 162 Å². The number of halogens is 1. The van der Waals surface area contributed by atoms with Gasteiger partial charge in [0.25, 0.3) is 5.91 Å². The number of hydrogen-bond donors (Lipinski definition) is 1. The molecule has 1 saturated heterocycles. The lowest BCUT2D eigenvalue weighted by molar-refractivity contribution is 0.101. The van der Waals surface area contributed by atoms with Crippen molar-refractivity contribution in [2.24, 2.45) is 0 Å². The molecule has 0 bridgehead atoms. The van der Waals surface area contributed by atoms with E-state index >= 15 is 0 Å². The van der Waals surface area contributed by atoms with Crippen molar-refractivity contribution in [2.75, 3.05) is 23.3 Å². The molecule has 3 aromatic rings. The molecule has 1 aromatic carbocycles. The molecule has 3 heterocycles. The highest BCUT2D eigenvalue weighted by molar-refractivity contribution is 6.30. The summed E-state index contributed by atoms with van der Waals surface area (Å²) in [5, 5.41) is 7.74. The molecule has 1 N–H and O–H groups in total. The zero-order valence-corrected chi connectivity index (χ0v) is 15.6. The fourth-order valence-corrected chi connectivity index (χ4v) is 3.22. The number of rotatable bonds is 4. The number of amides is 1. The molecule has 138 valence electrons. The monoisotopic (exact) mass is 382 g/mol. The molecule has 2 aromatic heterocycles. The Morgan fingerprint density at radius 2 is 1.85 bits per heavy atom. The van der Waals surface area contributed by atoms with E-state index in [1.165, 1.54) is 12.8 Å². The predicted octanol–water partition coefficient (Wildman–Crippen LogP) is 3.48. The molecule has 4 rings (SSSR count). The van der Waals surface area contributed by atoms with Crippen LogP contribution in [0, 0.1) is 6.92 Å². The second-order valence-electron chi connectivity index (χ2n) is 6.42. The van der Waals surface area contributed by atoms with Gasteiger partial charge in [0.1, 0.15) is 11.6 Å². The van der Waals surface area contributed by atoms with Crippen LogP contribution in [0.4, 0.5) is 11.5 Å². The first-order valence-electron chi connectivity index (χ1n) is 8.82. The van der Waals surface area contributed by atoms with Crippen molar-refractivity contribution in [1.82, 2.24) is 19.7 Å². The highest BCUT2D eigenvalue weighted by Crippen LogP contribution is 2.19. The van der Waals surface area contributed by atoms with Crippen LogP contribution in [-0.2, 0) is 0 Å². The molecule has 1 aliphatic rings. The molecule has 27 heavy (non-hydrogen) atoms. The highest BCUT2D eigenvalue weighted by atomic mass is 35.5. The van der Waals surface area contributed by atoms with Gasteiger partial charge in [-0.2, -0.15) is 0 Å². The van der Waals surface area contributed by atoms with E-state index in [0.717, 1.165) is 24.6 Å². The normalized spacial score (nSPS) is 13.8. The lowest BCUT2D eigenvalue weighted by Gasteiger charge is -2.16. The molecule has 1 aliphatic heterocycles. The van der Waals surface area contributed by atoms with Crippen molar-refractivity contribution in [3.8, 4) is 5.69 Å². The summed E-state index contributed by atoms with van der Waals surface area (Å²) in [6.07, 6.45) is 4.05. The van der Waals surface area contributed by atoms with Crippen LogP contribution in [0.25, 0.3) is 5.69 Å². The summed E-state index contributed by atoms with van der Waals surface area (Å²) in [5.41, 5.74) is 1.41. The first-order chi connectivity index (χ1) is 13.1. The molecule has 0 aliphatic carbocycles. The third kappa shape index (κ3) is 3.78. The number of pyridine rings is 1. The largest absolute Gasteiger partial charge is 0.357 e. The number of nitrogens with zero attached hydrogens (tertiary/aromatic N) is 5. The number of nitrogens with one attached hydrogen (secondary N) is 1. The number of benzene rings is 1. The lowest BCUT2D eigenvalue weighted by Crippen LogP contribution is -2.19. The van der Waals surface area contributed by atoms with Crippen molar-refractivity contribution >= 4 is 29.0 Å². The maximum Gasteiger partial charge on any atom is 0.295 e. The summed E-state index contributed by atoms with van der Waals surface area (Å²) in [6.45, 7) is 3.86. The minimum absolute atomic E-state index is 0.103. The van der Waals surface area contributed by atoms with Gasteiger partial charge >= 0.3 is 0 Å². The molecule has 1 amide bonds. The molecular formula is C19H19ClN6O.